The highest BCUT2D eigenvalue weighted by molar-refractivity contribution is 5.95. The fourth-order valence-electron chi connectivity index (χ4n) is 1.55. The molecule has 9 heteroatoms. The average molecular weight is 294 g/mol. The average Bonchev–Trinajstić information content (AvgIpc) is 2.34. The second kappa shape index (κ2) is 6.04. The minimum Gasteiger partial charge on any atom is -0.327 e. The first-order valence-electron chi connectivity index (χ1n) is 5.66. The van der Waals surface area contributed by atoms with Gasteiger partial charge in [0.05, 0.1) is 5.56 Å². The van der Waals surface area contributed by atoms with Crippen molar-refractivity contribution in [2.75, 3.05) is 12.0 Å². The molecule has 0 bridgehead atoms. The van der Waals surface area contributed by atoms with E-state index in [0.717, 1.165) is 12.3 Å². The molecule has 0 atom stereocenters. The Hall–Kier alpha value is -1.90. The molecule has 20 heavy (non-hydrogen) atoms. The van der Waals surface area contributed by atoms with Gasteiger partial charge in [-0.1, -0.05) is 0 Å². The van der Waals surface area contributed by atoms with Crippen molar-refractivity contribution in [2.45, 2.75) is 26.1 Å². The summed E-state index contributed by atoms with van der Waals surface area (Å²) in [5.41, 5.74) is 1.41. The number of anilines is 1. The minimum absolute atomic E-state index is 0.411. The zero-order valence-electron chi connectivity index (χ0n) is 10.8. The van der Waals surface area contributed by atoms with Crippen LogP contribution < -0.4 is 11.3 Å². The van der Waals surface area contributed by atoms with Crippen LogP contribution in [0.3, 0.4) is 0 Å². The third-order valence-electron chi connectivity index (χ3n) is 2.49. The quantitative estimate of drug-likeness (QED) is 0.505. The Bertz CT molecular complexity index is 490. The number of carbonyl (C=O) groups excluding carboxylic acids is 1. The van der Waals surface area contributed by atoms with Gasteiger partial charge in [-0.3, -0.25) is 4.79 Å². The number of pyridine rings is 1. The van der Waals surface area contributed by atoms with E-state index in [-0.39, 0.29) is 0 Å². The summed E-state index contributed by atoms with van der Waals surface area (Å²) in [5, 5.41) is 0. The van der Waals surface area contributed by atoms with E-state index in [1.807, 2.05) is 5.43 Å². The highest BCUT2D eigenvalue weighted by Gasteiger charge is 2.35. The van der Waals surface area contributed by atoms with E-state index in [4.69, 9.17) is 5.84 Å². The highest BCUT2D eigenvalue weighted by Crippen LogP contribution is 2.22. The van der Waals surface area contributed by atoms with Gasteiger partial charge in [0.2, 0.25) is 0 Å². The van der Waals surface area contributed by atoms with Crippen LogP contribution in [0.15, 0.2) is 12.3 Å². The predicted molar refractivity (Wildman–Crippen MR) is 64.2 cm³/mol. The molecule has 0 aliphatic rings. The van der Waals surface area contributed by atoms with Crippen LogP contribution in [0.1, 0.15) is 24.2 Å². The van der Waals surface area contributed by atoms with Gasteiger partial charge in [-0.25, -0.2) is 15.2 Å². The molecule has 0 fully saturated rings. The van der Waals surface area contributed by atoms with E-state index < -0.39 is 41.9 Å². The van der Waals surface area contributed by atoms with Crippen LogP contribution >= 0.6 is 0 Å². The molecule has 1 heterocycles. The number of nitrogens with zero attached hydrogens (tertiary/aromatic N) is 2. The summed E-state index contributed by atoms with van der Waals surface area (Å²) in [6.45, 7) is 1.35. The van der Waals surface area contributed by atoms with Crippen molar-refractivity contribution in [2.24, 2.45) is 5.84 Å². The van der Waals surface area contributed by atoms with Crippen LogP contribution in [0.2, 0.25) is 0 Å². The largest absolute Gasteiger partial charge is 0.406 e. The van der Waals surface area contributed by atoms with Gasteiger partial charge in [0.15, 0.2) is 11.6 Å². The first-order chi connectivity index (χ1) is 9.17. The standard InChI is InChI=1S/C11H14F4N4O/c1-6(2)19(5-11(13,14)15)10(20)7-3-4-17-9(18-16)8(7)12/h3-4,6H,5,16H2,1-2H3,(H,17,18). The molecule has 0 spiro atoms. The topological polar surface area (TPSA) is 71.2 Å². The van der Waals surface area contributed by atoms with Crippen molar-refractivity contribution in [1.29, 1.82) is 0 Å². The number of carbonyl (C=O) groups is 1. The van der Waals surface area contributed by atoms with Gasteiger partial charge < -0.3 is 10.3 Å². The first kappa shape index (κ1) is 16.2. The number of hydrogen-bond acceptors (Lipinski definition) is 4. The molecule has 5 nitrogen and oxygen atoms in total. The Balaban J connectivity index is 3.13. The Morgan fingerprint density at radius 2 is 2.10 bits per heavy atom. The van der Waals surface area contributed by atoms with Gasteiger partial charge in [-0.05, 0) is 19.9 Å². The molecule has 0 aromatic carbocycles. The molecule has 1 rings (SSSR count). The maximum absolute atomic E-state index is 13.8. The van der Waals surface area contributed by atoms with E-state index >= 15 is 0 Å². The van der Waals surface area contributed by atoms with Gasteiger partial charge in [0.25, 0.3) is 5.91 Å². The summed E-state index contributed by atoms with van der Waals surface area (Å²) in [5.74, 6) is 2.42. The van der Waals surface area contributed by atoms with Gasteiger partial charge >= 0.3 is 6.18 Å². The number of aromatic nitrogens is 1. The number of alkyl halides is 3. The molecule has 0 saturated carbocycles. The van der Waals surface area contributed by atoms with Gasteiger partial charge in [-0.15, -0.1) is 0 Å². The van der Waals surface area contributed by atoms with Crippen molar-refractivity contribution in [3.8, 4) is 0 Å². The Labute approximate surface area is 112 Å². The van der Waals surface area contributed by atoms with E-state index in [0.29, 0.717) is 4.90 Å². The van der Waals surface area contributed by atoms with Gasteiger partial charge in [0, 0.05) is 12.2 Å². The second-order valence-electron chi connectivity index (χ2n) is 4.31. The molecular formula is C11H14F4N4O. The van der Waals surface area contributed by atoms with Crippen LogP contribution in [0.25, 0.3) is 0 Å². The molecular weight excluding hydrogens is 280 g/mol. The number of amides is 1. The van der Waals surface area contributed by atoms with Crippen LogP contribution in [0, 0.1) is 5.82 Å². The molecule has 1 aromatic heterocycles. The number of nitrogens with one attached hydrogen (secondary N) is 1. The number of halogens is 4. The summed E-state index contributed by atoms with van der Waals surface area (Å²) in [6, 6.07) is 0.260. The summed E-state index contributed by atoms with van der Waals surface area (Å²) in [6.07, 6.45) is -3.49. The lowest BCUT2D eigenvalue weighted by Gasteiger charge is -2.28. The molecule has 0 unspecified atom stereocenters. The monoisotopic (exact) mass is 294 g/mol. The summed E-state index contributed by atoms with van der Waals surface area (Å²) < 4.78 is 51.2. The fourth-order valence-corrected chi connectivity index (χ4v) is 1.55. The molecule has 0 aliphatic carbocycles. The summed E-state index contributed by atoms with van der Waals surface area (Å²) >= 11 is 0. The van der Waals surface area contributed by atoms with Crippen molar-refractivity contribution < 1.29 is 22.4 Å². The van der Waals surface area contributed by atoms with E-state index in [9.17, 15) is 22.4 Å². The maximum Gasteiger partial charge on any atom is 0.406 e. The first-order valence-corrected chi connectivity index (χ1v) is 5.66. The molecule has 1 aromatic rings. The van der Waals surface area contributed by atoms with Gasteiger partial charge in [0.1, 0.15) is 6.54 Å². The van der Waals surface area contributed by atoms with Crippen molar-refractivity contribution >= 4 is 11.7 Å². The predicted octanol–water partition coefficient (Wildman–Crippen LogP) is 1.92. The Morgan fingerprint density at radius 1 is 1.50 bits per heavy atom. The third-order valence-corrected chi connectivity index (χ3v) is 2.49. The van der Waals surface area contributed by atoms with Crippen LogP contribution in [0.4, 0.5) is 23.4 Å². The minimum atomic E-state index is -4.57. The molecule has 0 saturated heterocycles. The number of hydrazine groups is 1. The number of hydrogen-bond donors (Lipinski definition) is 2. The smallest absolute Gasteiger partial charge is 0.327 e. The zero-order valence-corrected chi connectivity index (χ0v) is 10.8. The van der Waals surface area contributed by atoms with Crippen LogP contribution in [-0.4, -0.2) is 34.6 Å². The Morgan fingerprint density at radius 3 is 2.55 bits per heavy atom. The number of rotatable bonds is 4. The molecule has 1 amide bonds. The molecule has 0 aliphatic heterocycles. The normalized spacial score (nSPS) is 11.6. The lowest BCUT2D eigenvalue weighted by Crippen LogP contribution is -2.43. The van der Waals surface area contributed by atoms with E-state index in [1.54, 1.807) is 0 Å². The lowest BCUT2D eigenvalue weighted by atomic mass is 10.2. The highest BCUT2D eigenvalue weighted by atomic mass is 19.4. The number of nitrogens with two attached hydrogens (primary N) is 1. The van der Waals surface area contributed by atoms with Crippen LogP contribution in [-0.2, 0) is 0 Å². The number of nitrogen functional groups attached to an aromatic ring is 1. The molecule has 3 N–H and O–H groups in total. The van der Waals surface area contributed by atoms with Crippen molar-refractivity contribution in [3.63, 3.8) is 0 Å². The maximum atomic E-state index is 13.8. The third kappa shape index (κ3) is 3.80. The Kier molecular flexibility index (Phi) is 4.88. The second-order valence-corrected chi connectivity index (χ2v) is 4.31. The summed E-state index contributed by atoms with van der Waals surface area (Å²) in [7, 11) is 0. The van der Waals surface area contributed by atoms with E-state index in [1.165, 1.54) is 13.8 Å². The van der Waals surface area contributed by atoms with Crippen LogP contribution in [0.5, 0.6) is 0 Å². The van der Waals surface area contributed by atoms with Gasteiger partial charge in [-0.2, -0.15) is 13.2 Å². The molecule has 0 radical (unpaired) electrons. The van der Waals surface area contributed by atoms with E-state index in [2.05, 4.69) is 4.98 Å². The molecule has 112 valence electrons. The van der Waals surface area contributed by atoms with Crippen molar-refractivity contribution in [3.05, 3.63) is 23.6 Å². The summed E-state index contributed by atoms with van der Waals surface area (Å²) in [4.78, 5) is 16.1. The van der Waals surface area contributed by atoms with Crippen molar-refractivity contribution in [1.82, 2.24) is 9.88 Å². The fraction of sp³-hybridized carbons (Fsp3) is 0.455. The SMILES string of the molecule is CC(C)N(CC(F)(F)F)C(=O)c1ccnc(NN)c1F. The lowest BCUT2D eigenvalue weighted by molar-refractivity contribution is -0.143. The zero-order chi connectivity index (χ0) is 15.5.